The summed E-state index contributed by atoms with van der Waals surface area (Å²) in [5.74, 6) is -1.57. The first kappa shape index (κ1) is 9.92. The van der Waals surface area contributed by atoms with E-state index in [0.717, 1.165) is 12.1 Å². The molecule has 2 N–H and O–H groups in total. The number of hydrogen-bond donors (Lipinski definition) is 1. The monoisotopic (exact) mass is 187 g/mol. The second-order valence-corrected chi connectivity index (χ2v) is 2.80. The van der Waals surface area contributed by atoms with Crippen LogP contribution in [0, 0.1) is 11.6 Å². The number of halogens is 2. The molecule has 72 valence electrons. The first-order valence-corrected chi connectivity index (χ1v) is 3.84. The van der Waals surface area contributed by atoms with E-state index in [1.165, 1.54) is 7.11 Å². The van der Waals surface area contributed by atoms with Crippen LogP contribution in [0.4, 0.5) is 8.78 Å². The van der Waals surface area contributed by atoms with E-state index in [1.807, 2.05) is 0 Å². The second kappa shape index (κ2) is 3.70. The molecule has 0 bridgehead atoms. The highest BCUT2D eigenvalue weighted by Crippen LogP contribution is 2.26. The van der Waals surface area contributed by atoms with Crippen LogP contribution in [0.3, 0.4) is 0 Å². The average molecular weight is 187 g/mol. The number of nitrogens with two attached hydrogens (primary N) is 1. The lowest BCUT2D eigenvalue weighted by molar-refractivity contribution is 0.397. The van der Waals surface area contributed by atoms with Gasteiger partial charge in [-0.1, -0.05) is 0 Å². The molecular formula is C9H11F2NO. The average Bonchev–Trinajstić information content (AvgIpc) is 2.08. The van der Waals surface area contributed by atoms with Crippen molar-refractivity contribution in [2.75, 3.05) is 7.11 Å². The Morgan fingerprint density at radius 1 is 1.31 bits per heavy atom. The fraction of sp³-hybridized carbons (Fsp3) is 0.333. The number of methoxy groups -OCH3 is 1. The number of rotatable bonds is 2. The summed E-state index contributed by atoms with van der Waals surface area (Å²) in [7, 11) is 1.39. The second-order valence-electron chi connectivity index (χ2n) is 2.80. The Balaban J connectivity index is 3.25. The third-order valence-corrected chi connectivity index (χ3v) is 1.76. The molecule has 0 radical (unpaired) electrons. The van der Waals surface area contributed by atoms with Crippen LogP contribution in [-0.4, -0.2) is 7.11 Å². The van der Waals surface area contributed by atoms with Gasteiger partial charge in [-0.25, -0.2) is 8.78 Å². The topological polar surface area (TPSA) is 35.2 Å². The normalized spacial score (nSPS) is 12.7. The van der Waals surface area contributed by atoms with Crippen molar-refractivity contribution in [1.82, 2.24) is 0 Å². The molecule has 1 rings (SSSR count). The fourth-order valence-corrected chi connectivity index (χ4v) is 1.08. The standard InChI is InChI=1S/C9H11F2NO/c1-5(12)6-3-7(10)8(11)4-9(6)13-2/h3-5H,12H2,1-2H3/t5-/m0/s1. The number of ether oxygens (including phenoxy) is 1. The van der Waals surface area contributed by atoms with E-state index in [-0.39, 0.29) is 11.8 Å². The summed E-state index contributed by atoms with van der Waals surface area (Å²) in [5, 5.41) is 0. The van der Waals surface area contributed by atoms with Crippen LogP contribution in [-0.2, 0) is 0 Å². The maximum absolute atomic E-state index is 12.8. The lowest BCUT2D eigenvalue weighted by Gasteiger charge is -2.11. The zero-order valence-corrected chi connectivity index (χ0v) is 7.47. The molecule has 1 atom stereocenters. The molecule has 0 saturated carbocycles. The Hall–Kier alpha value is -1.16. The minimum Gasteiger partial charge on any atom is -0.496 e. The predicted molar refractivity (Wildman–Crippen MR) is 45.5 cm³/mol. The van der Waals surface area contributed by atoms with Gasteiger partial charge in [-0.3, -0.25) is 0 Å². The smallest absolute Gasteiger partial charge is 0.162 e. The van der Waals surface area contributed by atoms with Crippen LogP contribution < -0.4 is 10.5 Å². The van der Waals surface area contributed by atoms with Crippen molar-refractivity contribution in [2.45, 2.75) is 13.0 Å². The van der Waals surface area contributed by atoms with Gasteiger partial charge < -0.3 is 10.5 Å². The van der Waals surface area contributed by atoms with Gasteiger partial charge in [0.05, 0.1) is 7.11 Å². The molecule has 0 aliphatic rings. The van der Waals surface area contributed by atoms with E-state index in [2.05, 4.69) is 0 Å². The van der Waals surface area contributed by atoms with Crippen molar-refractivity contribution in [2.24, 2.45) is 5.73 Å². The van der Waals surface area contributed by atoms with Gasteiger partial charge >= 0.3 is 0 Å². The quantitative estimate of drug-likeness (QED) is 0.768. The van der Waals surface area contributed by atoms with Crippen molar-refractivity contribution in [1.29, 1.82) is 0 Å². The molecule has 0 amide bonds. The molecule has 13 heavy (non-hydrogen) atoms. The summed E-state index contributed by atoms with van der Waals surface area (Å²) in [6.45, 7) is 1.68. The zero-order chi connectivity index (χ0) is 10.0. The Morgan fingerprint density at radius 3 is 2.31 bits per heavy atom. The van der Waals surface area contributed by atoms with Gasteiger partial charge in [-0.05, 0) is 13.0 Å². The van der Waals surface area contributed by atoms with E-state index < -0.39 is 11.6 Å². The van der Waals surface area contributed by atoms with Gasteiger partial charge in [0.2, 0.25) is 0 Å². The first-order chi connectivity index (χ1) is 6.06. The van der Waals surface area contributed by atoms with Crippen LogP contribution in [0.15, 0.2) is 12.1 Å². The van der Waals surface area contributed by atoms with E-state index in [4.69, 9.17) is 10.5 Å². The van der Waals surface area contributed by atoms with Crippen molar-refractivity contribution in [3.8, 4) is 5.75 Å². The van der Waals surface area contributed by atoms with Crippen molar-refractivity contribution >= 4 is 0 Å². The molecule has 1 aromatic rings. The van der Waals surface area contributed by atoms with Crippen LogP contribution in [0.25, 0.3) is 0 Å². The SMILES string of the molecule is COc1cc(F)c(F)cc1[C@H](C)N. The van der Waals surface area contributed by atoms with Gasteiger partial charge in [0.15, 0.2) is 11.6 Å². The summed E-state index contributed by atoms with van der Waals surface area (Å²) >= 11 is 0. The molecule has 2 nitrogen and oxygen atoms in total. The first-order valence-electron chi connectivity index (χ1n) is 3.84. The van der Waals surface area contributed by atoms with Crippen LogP contribution >= 0.6 is 0 Å². The third-order valence-electron chi connectivity index (χ3n) is 1.76. The highest BCUT2D eigenvalue weighted by atomic mass is 19.2. The Bertz CT molecular complexity index is 313. The minimum atomic E-state index is -0.929. The van der Waals surface area contributed by atoms with Crippen molar-refractivity contribution < 1.29 is 13.5 Å². The molecule has 0 saturated heterocycles. The van der Waals surface area contributed by atoms with Gasteiger partial charge in [0.25, 0.3) is 0 Å². The maximum Gasteiger partial charge on any atom is 0.162 e. The van der Waals surface area contributed by atoms with Gasteiger partial charge in [-0.2, -0.15) is 0 Å². The number of benzene rings is 1. The summed E-state index contributed by atoms with van der Waals surface area (Å²) in [4.78, 5) is 0. The molecule has 0 spiro atoms. The summed E-state index contributed by atoms with van der Waals surface area (Å²) in [5.41, 5.74) is 6.00. The predicted octanol–water partition coefficient (Wildman–Crippen LogP) is 1.99. The molecule has 0 aromatic heterocycles. The molecular weight excluding hydrogens is 176 g/mol. The fourth-order valence-electron chi connectivity index (χ4n) is 1.08. The van der Waals surface area contributed by atoms with Crippen LogP contribution in [0.5, 0.6) is 5.75 Å². The highest BCUT2D eigenvalue weighted by Gasteiger charge is 2.12. The Morgan fingerprint density at radius 2 is 1.85 bits per heavy atom. The lowest BCUT2D eigenvalue weighted by Crippen LogP contribution is -2.08. The van der Waals surface area contributed by atoms with Crippen molar-refractivity contribution in [3.05, 3.63) is 29.3 Å². The lowest BCUT2D eigenvalue weighted by atomic mass is 10.1. The van der Waals surface area contributed by atoms with Gasteiger partial charge in [0, 0.05) is 17.7 Å². The summed E-state index contributed by atoms with van der Waals surface area (Å²) in [6, 6.07) is 1.66. The number of hydrogen-bond acceptors (Lipinski definition) is 2. The van der Waals surface area contributed by atoms with Crippen LogP contribution in [0.1, 0.15) is 18.5 Å². The van der Waals surface area contributed by atoms with E-state index in [9.17, 15) is 8.78 Å². The van der Waals surface area contributed by atoms with Gasteiger partial charge in [0.1, 0.15) is 5.75 Å². The Labute approximate surface area is 75.3 Å². The Kier molecular flexibility index (Phi) is 2.83. The largest absolute Gasteiger partial charge is 0.496 e. The molecule has 1 aromatic carbocycles. The zero-order valence-electron chi connectivity index (χ0n) is 7.47. The molecule has 4 heteroatoms. The molecule has 0 fully saturated rings. The molecule has 0 aliphatic carbocycles. The molecule has 0 unspecified atom stereocenters. The molecule has 0 aliphatic heterocycles. The van der Waals surface area contributed by atoms with E-state index in [1.54, 1.807) is 6.92 Å². The van der Waals surface area contributed by atoms with Crippen molar-refractivity contribution in [3.63, 3.8) is 0 Å². The van der Waals surface area contributed by atoms with Gasteiger partial charge in [-0.15, -0.1) is 0 Å². The third kappa shape index (κ3) is 1.95. The summed E-state index contributed by atoms with van der Waals surface area (Å²) < 4.78 is 30.3. The van der Waals surface area contributed by atoms with E-state index in [0.29, 0.717) is 5.56 Å². The highest BCUT2D eigenvalue weighted by molar-refractivity contribution is 5.36. The van der Waals surface area contributed by atoms with Crippen LogP contribution in [0.2, 0.25) is 0 Å². The van der Waals surface area contributed by atoms with E-state index >= 15 is 0 Å². The summed E-state index contributed by atoms with van der Waals surface area (Å²) in [6.07, 6.45) is 0. The maximum atomic E-state index is 12.8. The molecule has 0 heterocycles. The minimum absolute atomic E-state index is 0.272.